The van der Waals surface area contributed by atoms with Crippen LogP contribution in [-0.4, -0.2) is 23.2 Å². The number of hydrogen-bond acceptors (Lipinski definition) is 4. The number of benzene rings is 1. The lowest BCUT2D eigenvalue weighted by Crippen LogP contribution is -2.41. The highest BCUT2D eigenvalue weighted by atomic mass is 16.5. The van der Waals surface area contributed by atoms with Crippen LogP contribution in [-0.2, 0) is 27.8 Å². The summed E-state index contributed by atoms with van der Waals surface area (Å²) in [6, 6.07) is 8.45. The van der Waals surface area contributed by atoms with E-state index < -0.39 is 0 Å². The number of carbonyl (C=O) groups is 1. The van der Waals surface area contributed by atoms with Crippen molar-refractivity contribution in [3.63, 3.8) is 0 Å². The predicted molar refractivity (Wildman–Crippen MR) is 133 cm³/mol. The van der Waals surface area contributed by atoms with Gasteiger partial charge in [0, 0.05) is 23.7 Å². The lowest BCUT2D eigenvalue weighted by Gasteiger charge is -2.42. The normalized spacial score (nSPS) is 15.6. The summed E-state index contributed by atoms with van der Waals surface area (Å²) in [5.74, 6) is 7.49. The molecule has 0 spiro atoms. The van der Waals surface area contributed by atoms with Crippen molar-refractivity contribution in [3.05, 3.63) is 58.4 Å². The summed E-state index contributed by atoms with van der Waals surface area (Å²) >= 11 is 0. The van der Waals surface area contributed by atoms with E-state index in [9.17, 15) is 4.79 Å². The molecule has 0 aliphatic carbocycles. The van der Waals surface area contributed by atoms with E-state index in [2.05, 4.69) is 69.6 Å². The largest absolute Gasteiger partial charge is 0.488 e. The first-order valence-electron chi connectivity index (χ1n) is 12.1. The van der Waals surface area contributed by atoms with E-state index in [-0.39, 0.29) is 17.0 Å². The van der Waals surface area contributed by atoms with Crippen LogP contribution in [0.25, 0.3) is 0 Å². The van der Waals surface area contributed by atoms with Crippen molar-refractivity contribution in [2.24, 2.45) is 0 Å². The van der Waals surface area contributed by atoms with Gasteiger partial charge < -0.3 is 9.47 Å². The van der Waals surface area contributed by atoms with Crippen LogP contribution in [0.3, 0.4) is 0 Å². The minimum absolute atomic E-state index is 0.0347. The number of rotatable bonds is 7. The van der Waals surface area contributed by atoms with Gasteiger partial charge in [0.05, 0.1) is 6.61 Å². The monoisotopic (exact) mass is 447 g/mol. The van der Waals surface area contributed by atoms with Gasteiger partial charge >= 0.3 is 5.97 Å². The molecule has 1 aliphatic rings. The van der Waals surface area contributed by atoms with Crippen molar-refractivity contribution >= 4 is 5.97 Å². The molecule has 33 heavy (non-hydrogen) atoms. The maximum atomic E-state index is 11.4. The number of hydrogen-bond donors (Lipinski definition) is 0. The second-order valence-electron chi connectivity index (χ2n) is 10.1. The minimum atomic E-state index is -0.167. The zero-order valence-electron chi connectivity index (χ0n) is 21.0. The van der Waals surface area contributed by atoms with Crippen LogP contribution >= 0.6 is 0 Å². The lowest BCUT2D eigenvalue weighted by molar-refractivity contribution is -0.143. The number of esters is 1. The average Bonchev–Trinajstić information content (AvgIpc) is 2.74. The number of ether oxygens (including phenoxy) is 2. The molecule has 1 aromatic heterocycles. The number of carbonyl (C=O) groups excluding carboxylic acids is 1. The van der Waals surface area contributed by atoms with Gasteiger partial charge in [0.2, 0.25) is 0 Å². The molecule has 0 radical (unpaired) electrons. The van der Waals surface area contributed by atoms with Gasteiger partial charge in [0.1, 0.15) is 17.0 Å². The molecule has 2 heterocycles. The van der Waals surface area contributed by atoms with Gasteiger partial charge in [-0.3, -0.25) is 4.79 Å². The number of aryl methyl sites for hydroxylation is 2. The molecule has 3 rings (SSSR count). The van der Waals surface area contributed by atoms with Crippen molar-refractivity contribution in [1.29, 1.82) is 0 Å². The Morgan fingerprint density at radius 2 is 1.91 bits per heavy atom. The van der Waals surface area contributed by atoms with Crippen molar-refractivity contribution in [2.45, 2.75) is 91.1 Å². The topological polar surface area (TPSA) is 48.4 Å². The van der Waals surface area contributed by atoms with E-state index in [1.807, 2.05) is 19.2 Å². The summed E-state index contributed by atoms with van der Waals surface area (Å²) in [4.78, 5) is 16.0. The van der Waals surface area contributed by atoms with Gasteiger partial charge in [0.25, 0.3) is 0 Å². The molecule has 0 N–H and O–H groups in total. The van der Waals surface area contributed by atoms with Crippen LogP contribution in [0.2, 0.25) is 0 Å². The molecule has 4 heteroatoms. The Balaban J connectivity index is 1.70. The van der Waals surface area contributed by atoms with Crippen LogP contribution in [0.5, 0.6) is 5.75 Å². The Labute approximate surface area is 199 Å². The van der Waals surface area contributed by atoms with E-state index in [0.717, 1.165) is 54.7 Å². The first-order valence-corrected chi connectivity index (χ1v) is 12.1. The van der Waals surface area contributed by atoms with Gasteiger partial charge in [-0.15, -0.1) is 0 Å². The maximum Gasteiger partial charge on any atom is 0.305 e. The smallest absolute Gasteiger partial charge is 0.305 e. The Bertz CT molecular complexity index is 1040. The van der Waals surface area contributed by atoms with Gasteiger partial charge in [-0.05, 0) is 93.5 Å². The molecule has 1 aliphatic heterocycles. The Kier molecular flexibility index (Phi) is 7.84. The van der Waals surface area contributed by atoms with Crippen LogP contribution < -0.4 is 4.74 Å². The van der Waals surface area contributed by atoms with E-state index in [4.69, 9.17) is 9.47 Å². The lowest BCUT2D eigenvalue weighted by atomic mass is 9.73. The summed E-state index contributed by atoms with van der Waals surface area (Å²) in [7, 11) is 0. The van der Waals surface area contributed by atoms with Crippen molar-refractivity contribution in [2.75, 3.05) is 6.61 Å². The summed E-state index contributed by atoms with van der Waals surface area (Å²) in [6.45, 7) is 13.3. The fourth-order valence-corrected chi connectivity index (χ4v) is 4.75. The quantitative estimate of drug-likeness (QED) is 0.290. The van der Waals surface area contributed by atoms with E-state index >= 15 is 0 Å². The standard InChI is InChI=1S/C29H37NO3/c1-7-22-18-26-25(28(3,4)20-29(5,6)33-26)17-23(22)14-16-24-15-13-21(19-30-24)11-9-10-12-27(31)32-8-2/h13,15,17-19H,7-12,20H2,1-6H3. The fourth-order valence-electron chi connectivity index (χ4n) is 4.75. The number of fused-ring (bicyclic) bond motifs is 1. The van der Waals surface area contributed by atoms with Crippen LogP contribution in [0.15, 0.2) is 30.5 Å². The Morgan fingerprint density at radius 3 is 2.58 bits per heavy atom. The van der Waals surface area contributed by atoms with Gasteiger partial charge in [-0.2, -0.15) is 0 Å². The number of pyridine rings is 1. The molecule has 0 bridgehead atoms. The van der Waals surface area contributed by atoms with Crippen molar-refractivity contribution < 1.29 is 14.3 Å². The highest BCUT2D eigenvalue weighted by Crippen LogP contribution is 2.45. The number of unbranched alkanes of at least 4 members (excludes halogenated alkanes) is 1. The molecule has 0 amide bonds. The second kappa shape index (κ2) is 10.4. The molecule has 0 saturated heterocycles. The number of aromatic nitrogens is 1. The first-order chi connectivity index (χ1) is 15.6. The van der Waals surface area contributed by atoms with Crippen LogP contribution in [0, 0.1) is 11.8 Å². The zero-order valence-corrected chi connectivity index (χ0v) is 21.0. The molecular formula is C29H37NO3. The highest BCUT2D eigenvalue weighted by molar-refractivity contribution is 5.69. The molecule has 1 aromatic carbocycles. The molecule has 0 fully saturated rings. The molecule has 0 saturated carbocycles. The summed E-state index contributed by atoms with van der Waals surface area (Å²) in [5, 5.41) is 0. The molecule has 0 unspecified atom stereocenters. The summed E-state index contributed by atoms with van der Waals surface area (Å²) in [5.41, 5.74) is 5.28. The van der Waals surface area contributed by atoms with E-state index in [1.54, 1.807) is 0 Å². The van der Waals surface area contributed by atoms with Crippen LogP contribution in [0.4, 0.5) is 0 Å². The average molecular weight is 448 g/mol. The van der Waals surface area contributed by atoms with E-state index in [1.165, 1.54) is 11.1 Å². The summed E-state index contributed by atoms with van der Waals surface area (Å²) < 4.78 is 11.3. The second-order valence-corrected chi connectivity index (χ2v) is 10.1. The molecular weight excluding hydrogens is 410 g/mol. The predicted octanol–water partition coefficient (Wildman–Crippen LogP) is 6.16. The maximum absolute atomic E-state index is 11.4. The van der Waals surface area contributed by atoms with Crippen molar-refractivity contribution in [1.82, 2.24) is 4.98 Å². The fraction of sp³-hybridized carbons (Fsp3) is 0.517. The highest BCUT2D eigenvalue weighted by Gasteiger charge is 2.39. The third-order valence-corrected chi connectivity index (χ3v) is 6.12. The SMILES string of the molecule is CCOC(=O)CCCCc1ccc(C#Cc2cc3c(cc2CC)OC(C)(C)CC3(C)C)nc1. The Morgan fingerprint density at radius 1 is 1.12 bits per heavy atom. The third kappa shape index (κ3) is 6.60. The Hall–Kier alpha value is -2.80. The molecule has 176 valence electrons. The van der Waals surface area contributed by atoms with Crippen LogP contribution in [0.1, 0.15) is 95.2 Å². The van der Waals surface area contributed by atoms with Gasteiger partial charge in [-0.1, -0.05) is 32.8 Å². The van der Waals surface area contributed by atoms with Gasteiger partial charge in [0.15, 0.2) is 0 Å². The number of nitrogens with zero attached hydrogens (tertiary/aromatic N) is 1. The van der Waals surface area contributed by atoms with Gasteiger partial charge in [-0.25, -0.2) is 4.98 Å². The van der Waals surface area contributed by atoms with Crippen molar-refractivity contribution in [3.8, 4) is 17.6 Å². The first kappa shape index (κ1) is 24.8. The van der Waals surface area contributed by atoms with E-state index in [0.29, 0.717) is 13.0 Å². The zero-order chi connectivity index (χ0) is 24.1. The molecule has 4 nitrogen and oxygen atoms in total. The minimum Gasteiger partial charge on any atom is -0.488 e. The summed E-state index contributed by atoms with van der Waals surface area (Å²) in [6.07, 6.45) is 6.90. The third-order valence-electron chi connectivity index (χ3n) is 6.12. The molecule has 0 atom stereocenters. The molecule has 2 aromatic rings.